The number of hydrogen-bond acceptors (Lipinski definition) is 3. The van der Waals surface area contributed by atoms with Crippen LogP contribution in [-0.2, 0) is 12.8 Å². The minimum atomic E-state index is -0.223. The molecule has 3 nitrogen and oxygen atoms in total. The lowest BCUT2D eigenvalue weighted by Crippen LogP contribution is -2.38. The maximum atomic E-state index is 12.9. The Labute approximate surface area is 118 Å². The van der Waals surface area contributed by atoms with Gasteiger partial charge in [-0.05, 0) is 48.2 Å². The summed E-state index contributed by atoms with van der Waals surface area (Å²) in [5, 5.41) is 0. The Morgan fingerprint density at radius 1 is 1.10 bits per heavy atom. The maximum absolute atomic E-state index is 12.9. The highest BCUT2D eigenvalue weighted by atomic mass is 19.1. The van der Waals surface area contributed by atoms with Crippen molar-refractivity contribution in [2.45, 2.75) is 18.9 Å². The largest absolute Gasteiger partial charge is 0.497 e. The lowest BCUT2D eigenvalue weighted by atomic mass is 9.99. The molecule has 4 heteroatoms. The number of nitrogens with one attached hydrogen (secondary N) is 1. The fourth-order valence-corrected chi connectivity index (χ4v) is 2.18. The van der Waals surface area contributed by atoms with Crippen LogP contribution in [0.3, 0.4) is 0 Å². The zero-order valence-corrected chi connectivity index (χ0v) is 11.5. The summed E-state index contributed by atoms with van der Waals surface area (Å²) in [5.41, 5.74) is 5.02. The molecule has 3 N–H and O–H groups in total. The van der Waals surface area contributed by atoms with Gasteiger partial charge in [-0.3, -0.25) is 11.3 Å². The topological polar surface area (TPSA) is 47.3 Å². The second kappa shape index (κ2) is 7.03. The molecule has 0 saturated carbocycles. The molecule has 2 aromatic rings. The average molecular weight is 274 g/mol. The summed E-state index contributed by atoms with van der Waals surface area (Å²) in [4.78, 5) is 0. The Balaban J connectivity index is 2.02. The standard InChI is InChI=1S/C16H19FN2O/c1-20-16-4-2-3-13(11-16)10-15(19-18)9-12-5-7-14(17)8-6-12/h2-8,11,15,19H,9-10,18H2,1H3. The van der Waals surface area contributed by atoms with Crippen molar-refractivity contribution < 1.29 is 9.13 Å². The van der Waals surface area contributed by atoms with Crippen LogP contribution in [0.5, 0.6) is 5.75 Å². The fraction of sp³-hybridized carbons (Fsp3) is 0.250. The zero-order valence-electron chi connectivity index (χ0n) is 11.5. The first kappa shape index (κ1) is 14.5. The number of benzene rings is 2. The fourth-order valence-electron chi connectivity index (χ4n) is 2.18. The van der Waals surface area contributed by atoms with E-state index in [0.717, 1.165) is 29.7 Å². The molecule has 0 heterocycles. The lowest BCUT2D eigenvalue weighted by Gasteiger charge is -2.16. The first-order valence-corrected chi connectivity index (χ1v) is 6.55. The zero-order chi connectivity index (χ0) is 14.4. The molecule has 1 unspecified atom stereocenters. The van der Waals surface area contributed by atoms with E-state index in [1.54, 1.807) is 19.2 Å². The Hall–Kier alpha value is -1.91. The van der Waals surface area contributed by atoms with E-state index in [9.17, 15) is 4.39 Å². The molecule has 106 valence electrons. The summed E-state index contributed by atoms with van der Waals surface area (Å²) in [7, 11) is 1.65. The van der Waals surface area contributed by atoms with E-state index in [2.05, 4.69) is 5.43 Å². The SMILES string of the molecule is COc1cccc(CC(Cc2ccc(F)cc2)NN)c1. The van der Waals surface area contributed by atoms with Crippen molar-refractivity contribution in [1.29, 1.82) is 0 Å². The second-order valence-electron chi connectivity index (χ2n) is 4.75. The van der Waals surface area contributed by atoms with E-state index in [1.807, 2.05) is 24.3 Å². The van der Waals surface area contributed by atoms with Gasteiger partial charge in [-0.2, -0.15) is 0 Å². The second-order valence-corrected chi connectivity index (χ2v) is 4.75. The number of halogens is 1. The lowest BCUT2D eigenvalue weighted by molar-refractivity contribution is 0.413. The van der Waals surface area contributed by atoms with Gasteiger partial charge < -0.3 is 4.74 Å². The van der Waals surface area contributed by atoms with E-state index in [1.165, 1.54) is 12.1 Å². The third-order valence-corrected chi connectivity index (χ3v) is 3.25. The van der Waals surface area contributed by atoms with Gasteiger partial charge in [0.05, 0.1) is 7.11 Å². The first-order valence-electron chi connectivity index (χ1n) is 6.55. The molecule has 1 atom stereocenters. The van der Waals surface area contributed by atoms with Gasteiger partial charge in [0.25, 0.3) is 0 Å². The Kier molecular flexibility index (Phi) is 5.09. The molecule has 0 bridgehead atoms. The molecule has 0 aliphatic rings. The highest BCUT2D eigenvalue weighted by Crippen LogP contribution is 2.15. The first-order chi connectivity index (χ1) is 9.71. The Morgan fingerprint density at radius 2 is 1.80 bits per heavy atom. The van der Waals surface area contributed by atoms with Crippen molar-refractivity contribution in [3.05, 3.63) is 65.5 Å². The van der Waals surface area contributed by atoms with Crippen LogP contribution in [0.2, 0.25) is 0 Å². The minimum absolute atomic E-state index is 0.0903. The third kappa shape index (κ3) is 4.05. The number of rotatable bonds is 6. The van der Waals surface area contributed by atoms with Crippen LogP contribution >= 0.6 is 0 Å². The van der Waals surface area contributed by atoms with E-state index in [0.29, 0.717) is 0 Å². The van der Waals surface area contributed by atoms with E-state index < -0.39 is 0 Å². The van der Waals surface area contributed by atoms with Crippen LogP contribution in [0.4, 0.5) is 4.39 Å². The summed E-state index contributed by atoms with van der Waals surface area (Å²) in [6, 6.07) is 14.5. The summed E-state index contributed by atoms with van der Waals surface area (Å²) in [6.07, 6.45) is 1.53. The van der Waals surface area contributed by atoms with E-state index in [-0.39, 0.29) is 11.9 Å². The molecule has 20 heavy (non-hydrogen) atoms. The van der Waals surface area contributed by atoms with Gasteiger partial charge in [-0.25, -0.2) is 4.39 Å². The summed E-state index contributed by atoms with van der Waals surface area (Å²) >= 11 is 0. The number of hydrogen-bond donors (Lipinski definition) is 2. The van der Waals surface area contributed by atoms with Gasteiger partial charge in [-0.15, -0.1) is 0 Å². The van der Waals surface area contributed by atoms with Crippen molar-refractivity contribution >= 4 is 0 Å². The molecule has 0 aliphatic carbocycles. The predicted octanol–water partition coefficient (Wildman–Crippen LogP) is 2.45. The highest BCUT2D eigenvalue weighted by molar-refractivity contribution is 5.29. The third-order valence-electron chi connectivity index (χ3n) is 3.25. The van der Waals surface area contributed by atoms with Crippen molar-refractivity contribution in [2.24, 2.45) is 5.84 Å². The molecule has 0 fully saturated rings. The molecule has 0 saturated heterocycles. The average Bonchev–Trinajstić information content (AvgIpc) is 2.49. The Morgan fingerprint density at radius 3 is 2.45 bits per heavy atom. The van der Waals surface area contributed by atoms with Crippen LogP contribution in [0.25, 0.3) is 0 Å². The quantitative estimate of drug-likeness (QED) is 0.628. The number of ether oxygens (including phenoxy) is 1. The van der Waals surface area contributed by atoms with Crippen molar-refractivity contribution in [1.82, 2.24) is 5.43 Å². The summed E-state index contributed by atoms with van der Waals surface area (Å²) in [6.45, 7) is 0. The summed E-state index contributed by atoms with van der Waals surface area (Å²) in [5.74, 6) is 6.22. The predicted molar refractivity (Wildman–Crippen MR) is 77.9 cm³/mol. The number of nitrogens with two attached hydrogens (primary N) is 1. The van der Waals surface area contributed by atoms with Gasteiger partial charge in [0.15, 0.2) is 0 Å². The van der Waals surface area contributed by atoms with Crippen LogP contribution in [0.15, 0.2) is 48.5 Å². The van der Waals surface area contributed by atoms with Crippen LogP contribution in [0, 0.1) is 5.82 Å². The summed E-state index contributed by atoms with van der Waals surface area (Å²) < 4.78 is 18.1. The van der Waals surface area contributed by atoms with E-state index >= 15 is 0 Å². The van der Waals surface area contributed by atoms with Crippen molar-refractivity contribution in [2.75, 3.05) is 7.11 Å². The van der Waals surface area contributed by atoms with Gasteiger partial charge >= 0.3 is 0 Å². The van der Waals surface area contributed by atoms with Gasteiger partial charge in [-0.1, -0.05) is 24.3 Å². The molecule has 0 aromatic heterocycles. The van der Waals surface area contributed by atoms with Gasteiger partial charge in [0.2, 0.25) is 0 Å². The maximum Gasteiger partial charge on any atom is 0.123 e. The number of methoxy groups -OCH3 is 1. The van der Waals surface area contributed by atoms with Crippen molar-refractivity contribution in [3.8, 4) is 5.75 Å². The van der Waals surface area contributed by atoms with Crippen molar-refractivity contribution in [3.63, 3.8) is 0 Å². The highest BCUT2D eigenvalue weighted by Gasteiger charge is 2.09. The molecule has 0 radical (unpaired) electrons. The van der Waals surface area contributed by atoms with E-state index in [4.69, 9.17) is 10.6 Å². The molecular weight excluding hydrogens is 255 g/mol. The minimum Gasteiger partial charge on any atom is -0.497 e. The molecule has 2 aromatic carbocycles. The molecule has 0 spiro atoms. The monoisotopic (exact) mass is 274 g/mol. The van der Waals surface area contributed by atoms with Crippen LogP contribution in [-0.4, -0.2) is 13.2 Å². The normalized spacial score (nSPS) is 12.2. The molecule has 0 aliphatic heterocycles. The molecule has 0 amide bonds. The number of hydrazine groups is 1. The molecular formula is C16H19FN2O. The Bertz CT molecular complexity index is 542. The smallest absolute Gasteiger partial charge is 0.123 e. The van der Waals surface area contributed by atoms with Gasteiger partial charge in [0.1, 0.15) is 11.6 Å². The molecule has 2 rings (SSSR count). The van der Waals surface area contributed by atoms with Crippen LogP contribution < -0.4 is 16.0 Å². The van der Waals surface area contributed by atoms with Crippen LogP contribution in [0.1, 0.15) is 11.1 Å². The van der Waals surface area contributed by atoms with Gasteiger partial charge in [0, 0.05) is 6.04 Å².